The number of rotatable bonds is 4. The van der Waals surface area contributed by atoms with Crippen LogP contribution >= 0.6 is 0 Å². The molecule has 0 radical (unpaired) electrons. The number of hydrogen-bond acceptors (Lipinski definition) is 5. The summed E-state index contributed by atoms with van der Waals surface area (Å²) in [6.07, 6.45) is 2.25. The summed E-state index contributed by atoms with van der Waals surface area (Å²) in [5, 5.41) is 11.5. The highest BCUT2D eigenvalue weighted by Crippen LogP contribution is 2.17. The average Bonchev–Trinajstić information content (AvgIpc) is 2.43. The number of ketones is 2. The number of anilines is 1. The van der Waals surface area contributed by atoms with Crippen molar-refractivity contribution in [1.29, 1.82) is 0 Å². The van der Waals surface area contributed by atoms with E-state index in [1.165, 1.54) is 31.4 Å². The van der Waals surface area contributed by atoms with E-state index in [0.717, 1.165) is 12.2 Å². The minimum atomic E-state index is -1.03. The average molecular weight is 273 g/mol. The Labute approximate surface area is 114 Å². The van der Waals surface area contributed by atoms with Crippen LogP contribution in [-0.2, 0) is 14.3 Å². The van der Waals surface area contributed by atoms with Gasteiger partial charge in [0.1, 0.15) is 0 Å². The molecule has 2 N–H and O–H groups in total. The molecule has 1 aliphatic carbocycles. The lowest BCUT2D eigenvalue weighted by Crippen LogP contribution is -2.19. The third-order valence-electron chi connectivity index (χ3n) is 2.68. The second-order valence-electron chi connectivity index (χ2n) is 4.01. The molecule has 6 nitrogen and oxygen atoms in total. The first-order chi connectivity index (χ1) is 9.51. The number of aromatic carboxylic acids is 1. The lowest BCUT2D eigenvalue weighted by atomic mass is 10.1. The van der Waals surface area contributed by atoms with Crippen LogP contribution in [0.3, 0.4) is 0 Å². The smallest absolute Gasteiger partial charge is 0.335 e. The Balaban J connectivity index is 2.17. The van der Waals surface area contributed by atoms with Crippen LogP contribution in [0, 0.1) is 0 Å². The maximum Gasteiger partial charge on any atom is 0.335 e. The van der Waals surface area contributed by atoms with Crippen molar-refractivity contribution in [3.63, 3.8) is 0 Å². The van der Waals surface area contributed by atoms with Gasteiger partial charge in [-0.15, -0.1) is 0 Å². The second-order valence-corrected chi connectivity index (χ2v) is 4.01. The van der Waals surface area contributed by atoms with Crippen LogP contribution in [0.2, 0.25) is 0 Å². The Kier molecular flexibility index (Phi) is 3.65. The molecule has 2 rings (SSSR count). The largest absolute Gasteiger partial charge is 0.493 e. The molecule has 0 heterocycles. The van der Waals surface area contributed by atoms with Crippen LogP contribution in [0.1, 0.15) is 10.4 Å². The van der Waals surface area contributed by atoms with Crippen molar-refractivity contribution in [1.82, 2.24) is 0 Å². The lowest BCUT2D eigenvalue weighted by molar-refractivity contribution is -0.117. The molecule has 0 spiro atoms. The fraction of sp³-hybridized carbons (Fsp3) is 0.0714. The van der Waals surface area contributed by atoms with Gasteiger partial charge in [-0.25, -0.2) is 4.79 Å². The molecule has 0 saturated carbocycles. The number of benzene rings is 1. The van der Waals surface area contributed by atoms with E-state index in [1.54, 1.807) is 0 Å². The maximum absolute atomic E-state index is 11.8. The van der Waals surface area contributed by atoms with Crippen molar-refractivity contribution in [2.45, 2.75) is 0 Å². The lowest BCUT2D eigenvalue weighted by Gasteiger charge is -2.13. The molecule has 0 aromatic heterocycles. The summed E-state index contributed by atoms with van der Waals surface area (Å²) in [4.78, 5) is 34.0. The predicted octanol–water partition coefficient (Wildman–Crippen LogP) is 1.36. The van der Waals surface area contributed by atoms with Crippen molar-refractivity contribution < 1.29 is 24.2 Å². The number of carboxylic acid groups (broad SMARTS) is 1. The molecule has 0 bridgehead atoms. The highest BCUT2D eigenvalue weighted by molar-refractivity contribution is 6.20. The van der Waals surface area contributed by atoms with Gasteiger partial charge in [0, 0.05) is 17.8 Å². The second kappa shape index (κ2) is 5.40. The zero-order valence-corrected chi connectivity index (χ0v) is 10.5. The van der Waals surface area contributed by atoms with Crippen molar-refractivity contribution in [2.75, 3.05) is 12.4 Å². The minimum absolute atomic E-state index is 0.0122. The summed E-state index contributed by atoms with van der Waals surface area (Å²) >= 11 is 0. The first-order valence-electron chi connectivity index (χ1n) is 5.67. The van der Waals surface area contributed by atoms with Gasteiger partial charge < -0.3 is 15.2 Å². The topological polar surface area (TPSA) is 92.7 Å². The summed E-state index contributed by atoms with van der Waals surface area (Å²) in [7, 11) is 1.31. The van der Waals surface area contributed by atoms with Gasteiger partial charge >= 0.3 is 5.97 Å². The van der Waals surface area contributed by atoms with Crippen molar-refractivity contribution in [2.24, 2.45) is 0 Å². The minimum Gasteiger partial charge on any atom is -0.493 e. The number of carboxylic acids is 1. The van der Waals surface area contributed by atoms with Gasteiger partial charge in [0.25, 0.3) is 0 Å². The number of carbonyl (C=O) groups is 3. The van der Waals surface area contributed by atoms with Crippen LogP contribution in [-0.4, -0.2) is 29.8 Å². The fourth-order valence-corrected chi connectivity index (χ4v) is 1.65. The highest BCUT2D eigenvalue weighted by Gasteiger charge is 2.20. The van der Waals surface area contributed by atoms with E-state index in [9.17, 15) is 14.4 Å². The summed E-state index contributed by atoms with van der Waals surface area (Å²) < 4.78 is 4.77. The first-order valence-corrected chi connectivity index (χ1v) is 5.67. The molecule has 0 saturated heterocycles. The van der Waals surface area contributed by atoms with Crippen LogP contribution < -0.4 is 5.32 Å². The molecule has 0 fully saturated rings. The molecule has 1 aromatic carbocycles. The van der Waals surface area contributed by atoms with E-state index < -0.39 is 11.8 Å². The van der Waals surface area contributed by atoms with E-state index in [0.29, 0.717) is 5.69 Å². The first kappa shape index (κ1) is 13.5. The van der Waals surface area contributed by atoms with E-state index in [4.69, 9.17) is 9.84 Å². The zero-order valence-electron chi connectivity index (χ0n) is 10.5. The Hall–Kier alpha value is -2.89. The van der Waals surface area contributed by atoms with E-state index in [1.807, 2.05) is 0 Å². The molecule has 6 heteroatoms. The predicted molar refractivity (Wildman–Crippen MR) is 70.2 cm³/mol. The van der Waals surface area contributed by atoms with Crippen molar-refractivity contribution >= 4 is 23.2 Å². The SMILES string of the molecule is COC1=CC(=O)C(Nc2ccc(C(=O)O)cc2)=CC1=O. The Morgan fingerprint density at radius 1 is 1.10 bits per heavy atom. The summed E-state index contributed by atoms with van der Waals surface area (Å²) in [6.45, 7) is 0. The number of hydrogen-bond donors (Lipinski definition) is 2. The Bertz CT molecular complexity index is 640. The van der Waals surface area contributed by atoms with Gasteiger partial charge in [-0.2, -0.15) is 0 Å². The number of methoxy groups -OCH3 is 1. The zero-order chi connectivity index (χ0) is 14.7. The van der Waals surface area contributed by atoms with Gasteiger partial charge in [0.05, 0.1) is 18.4 Å². The molecule has 0 amide bonds. The summed E-state index contributed by atoms with van der Waals surface area (Å²) in [6, 6.07) is 5.82. The van der Waals surface area contributed by atoms with Gasteiger partial charge in [0.15, 0.2) is 5.76 Å². The Morgan fingerprint density at radius 3 is 2.30 bits per heavy atom. The normalized spacial score (nSPS) is 14.4. The maximum atomic E-state index is 11.8. The molecular weight excluding hydrogens is 262 g/mol. The molecule has 0 atom stereocenters. The third-order valence-corrected chi connectivity index (χ3v) is 2.68. The van der Waals surface area contributed by atoms with Gasteiger partial charge in [0.2, 0.25) is 11.6 Å². The molecule has 0 unspecified atom stereocenters. The molecular formula is C14H11NO5. The van der Waals surface area contributed by atoms with E-state index in [2.05, 4.69) is 5.32 Å². The van der Waals surface area contributed by atoms with Crippen molar-refractivity contribution in [3.8, 4) is 0 Å². The molecule has 1 aromatic rings. The number of carbonyl (C=O) groups excluding carboxylic acids is 2. The number of nitrogens with one attached hydrogen (secondary N) is 1. The molecule has 0 aliphatic heterocycles. The molecule has 1 aliphatic rings. The van der Waals surface area contributed by atoms with Gasteiger partial charge in [-0.3, -0.25) is 9.59 Å². The number of ether oxygens (including phenoxy) is 1. The highest BCUT2D eigenvalue weighted by atomic mass is 16.5. The van der Waals surface area contributed by atoms with Crippen LogP contribution in [0.5, 0.6) is 0 Å². The van der Waals surface area contributed by atoms with Crippen molar-refractivity contribution in [3.05, 3.63) is 53.4 Å². The van der Waals surface area contributed by atoms with E-state index in [-0.39, 0.29) is 22.8 Å². The number of allylic oxidation sites excluding steroid dienone is 2. The van der Waals surface area contributed by atoms with Crippen LogP contribution in [0.4, 0.5) is 5.69 Å². The molecule has 102 valence electrons. The van der Waals surface area contributed by atoms with Gasteiger partial charge in [-0.1, -0.05) is 0 Å². The standard InChI is InChI=1S/C14H11NO5/c1-20-13-7-11(16)10(6-12(13)17)15-9-4-2-8(3-5-9)14(18)19/h2-7,15H,1H3,(H,18,19). The van der Waals surface area contributed by atoms with Crippen LogP contribution in [0.25, 0.3) is 0 Å². The van der Waals surface area contributed by atoms with Crippen LogP contribution in [0.15, 0.2) is 47.9 Å². The fourth-order valence-electron chi connectivity index (χ4n) is 1.65. The summed E-state index contributed by atoms with van der Waals surface area (Å²) in [5.74, 6) is -1.84. The molecule has 20 heavy (non-hydrogen) atoms. The Morgan fingerprint density at radius 2 is 1.75 bits per heavy atom. The monoisotopic (exact) mass is 273 g/mol. The van der Waals surface area contributed by atoms with E-state index >= 15 is 0 Å². The van der Waals surface area contributed by atoms with Gasteiger partial charge in [-0.05, 0) is 24.3 Å². The summed E-state index contributed by atoms with van der Waals surface area (Å²) in [5.41, 5.74) is 0.757. The third kappa shape index (κ3) is 2.74. The quantitative estimate of drug-likeness (QED) is 0.805.